The van der Waals surface area contributed by atoms with Crippen LogP contribution in [0.2, 0.25) is 0 Å². The lowest BCUT2D eigenvalue weighted by molar-refractivity contribution is 0.320. The van der Waals surface area contributed by atoms with E-state index in [9.17, 15) is 0 Å². The second-order valence-corrected chi connectivity index (χ2v) is 4.41. The van der Waals surface area contributed by atoms with E-state index in [2.05, 4.69) is 18.5 Å². The summed E-state index contributed by atoms with van der Waals surface area (Å²) in [5, 5.41) is 0. The third-order valence-corrected chi connectivity index (χ3v) is 2.59. The van der Waals surface area contributed by atoms with Gasteiger partial charge in [0, 0.05) is 24.6 Å². The van der Waals surface area contributed by atoms with Gasteiger partial charge in [0.1, 0.15) is 5.75 Å². The standard InChI is InChI=1S/C14H22N2O/c1-4-12(15)9-13-5-6-14(10-16-13)17-8-7-11(2)3/h5-6,10,12H,2,4,7-9,15H2,1,3H3. The van der Waals surface area contributed by atoms with E-state index in [1.165, 1.54) is 0 Å². The molecule has 1 rings (SSSR count). The molecular weight excluding hydrogens is 212 g/mol. The van der Waals surface area contributed by atoms with Gasteiger partial charge in [-0.25, -0.2) is 0 Å². The molecule has 0 spiro atoms. The number of aromatic nitrogens is 1. The Balaban J connectivity index is 2.42. The number of ether oxygens (including phenoxy) is 1. The van der Waals surface area contributed by atoms with E-state index in [1.807, 2.05) is 19.1 Å². The van der Waals surface area contributed by atoms with Crippen molar-refractivity contribution in [3.63, 3.8) is 0 Å². The van der Waals surface area contributed by atoms with Gasteiger partial charge in [-0.15, -0.1) is 6.58 Å². The first-order valence-electron chi connectivity index (χ1n) is 6.09. The zero-order chi connectivity index (χ0) is 12.7. The molecule has 0 aliphatic rings. The Kier molecular flexibility index (Phi) is 5.70. The van der Waals surface area contributed by atoms with Crippen LogP contribution >= 0.6 is 0 Å². The van der Waals surface area contributed by atoms with E-state index < -0.39 is 0 Å². The normalized spacial score (nSPS) is 12.2. The average Bonchev–Trinajstić information content (AvgIpc) is 2.31. The molecule has 1 heterocycles. The first-order valence-corrected chi connectivity index (χ1v) is 6.09. The summed E-state index contributed by atoms with van der Waals surface area (Å²) in [5.41, 5.74) is 8.02. The highest BCUT2D eigenvalue weighted by atomic mass is 16.5. The van der Waals surface area contributed by atoms with Crippen LogP contribution in [0.15, 0.2) is 30.5 Å². The molecule has 0 saturated heterocycles. The van der Waals surface area contributed by atoms with Crippen molar-refractivity contribution < 1.29 is 4.74 Å². The van der Waals surface area contributed by atoms with Gasteiger partial charge >= 0.3 is 0 Å². The van der Waals surface area contributed by atoms with E-state index in [4.69, 9.17) is 10.5 Å². The molecule has 1 atom stereocenters. The molecule has 3 nitrogen and oxygen atoms in total. The summed E-state index contributed by atoms with van der Waals surface area (Å²) in [4.78, 5) is 4.34. The first-order chi connectivity index (χ1) is 8.11. The molecule has 0 saturated carbocycles. The molecule has 0 bridgehead atoms. The van der Waals surface area contributed by atoms with Gasteiger partial charge < -0.3 is 10.5 Å². The molecule has 94 valence electrons. The number of nitrogens with two attached hydrogens (primary N) is 1. The van der Waals surface area contributed by atoms with Gasteiger partial charge in [-0.1, -0.05) is 12.5 Å². The lowest BCUT2D eigenvalue weighted by Crippen LogP contribution is -2.21. The largest absolute Gasteiger partial charge is 0.492 e. The van der Waals surface area contributed by atoms with E-state index in [1.54, 1.807) is 6.20 Å². The number of rotatable bonds is 7. The fraction of sp³-hybridized carbons (Fsp3) is 0.500. The van der Waals surface area contributed by atoms with Crippen LogP contribution in [-0.2, 0) is 6.42 Å². The summed E-state index contributed by atoms with van der Waals surface area (Å²) in [6.45, 7) is 8.57. The zero-order valence-electron chi connectivity index (χ0n) is 10.8. The van der Waals surface area contributed by atoms with Crippen molar-refractivity contribution in [2.45, 2.75) is 39.2 Å². The zero-order valence-corrected chi connectivity index (χ0v) is 10.8. The highest BCUT2D eigenvalue weighted by Crippen LogP contribution is 2.11. The van der Waals surface area contributed by atoms with Crippen molar-refractivity contribution in [1.82, 2.24) is 4.98 Å². The molecule has 2 N–H and O–H groups in total. The Morgan fingerprint density at radius 2 is 2.29 bits per heavy atom. The topological polar surface area (TPSA) is 48.1 Å². The Morgan fingerprint density at radius 1 is 1.53 bits per heavy atom. The van der Waals surface area contributed by atoms with Gasteiger partial charge in [-0.05, 0) is 25.5 Å². The predicted octanol–water partition coefficient (Wildman–Crippen LogP) is 2.71. The van der Waals surface area contributed by atoms with Gasteiger partial charge in [0.05, 0.1) is 12.8 Å². The van der Waals surface area contributed by atoms with Gasteiger partial charge in [0.15, 0.2) is 0 Å². The molecule has 17 heavy (non-hydrogen) atoms. The maximum Gasteiger partial charge on any atom is 0.137 e. The summed E-state index contributed by atoms with van der Waals surface area (Å²) in [7, 11) is 0. The van der Waals surface area contributed by atoms with E-state index in [0.29, 0.717) is 6.61 Å². The Morgan fingerprint density at radius 3 is 2.82 bits per heavy atom. The molecular formula is C14H22N2O. The van der Waals surface area contributed by atoms with Crippen LogP contribution in [-0.4, -0.2) is 17.6 Å². The smallest absolute Gasteiger partial charge is 0.137 e. The fourth-order valence-electron chi connectivity index (χ4n) is 1.37. The Labute approximate surface area is 104 Å². The highest BCUT2D eigenvalue weighted by Gasteiger charge is 2.03. The Bertz CT molecular complexity index is 346. The molecule has 0 fully saturated rings. The lowest BCUT2D eigenvalue weighted by atomic mass is 10.1. The summed E-state index contributed by atoms with van der Waals surface area (Å²) in [6.07, 6.45) is 4.43. The number of hydrogen-bond donors (Lipinski definition) is 1. The van der Waals surface area contributed by atoms with Crippen LogP contribution in [0, 0.1) is 0 Å². The number of nitrogens with zero attached hydrogens (tertiary/aromatic N) is 1. The third kappa shape index (κ3) is 5.50. The first kappa shape index (κ1) is 13.7. The van der Waals surface area contributed by atoms with Crippen LogP contribution in [0.5, 0.6) is 5.75 Å². The minimum Gasteiger partial charge on any atom is -0.492 e. The average molecular weight is 234 g/mol. The molecule has 0 radical (unpaired) electrons. The molecule has 1 aromatic heterocycles. The Hall–Kier alpha value is -1.35. The number of hydrogen-bond acceptors (Lipinski definition) is 3. The molecule has 1 aromatic rings. The molecule has 0 aromatic carbocycles. The van der Waals surface area contributed by atoms with E-state index in [-0.39, 0.29) is 6.04 Å². The second-order valence-electron chi connectivity index (χ2n) is 4.41. The van der Waals surface area contributed by atoms with Crippen LogP contribution < -0.4 is 10.5 Å². The fourth-order valence-corrected chi connectivity index (χ4v) is 1.37. The third-order valence-electron chi connectivity index (χ3n) is 2.59. The maximum absolute atomic E-state index is 5.88. The van der Waals surface area contributed by atoms with E-state index in [0.717, 1.165) is 36.3 Å². The lowest BCUT2D eigenvalue weighted by Gasteiger charge is -2.09. The minimum absolute atomic E-state index is 0.192. The molecule has 3 heteroatoms. The SMILES string of the molecule is C=C(C)CCOc1ccc(CC(N)CC)nc1. The van der Waals surface area contributed by atoms with Crippen molar-refractivity contribution >= 4 is 0 Å². The minimum atomic E-state index is 0.192. The molecule has 0 aliphatic carbocycles. The quantitative estimate of drug-likeness (QED) is 0.738. The molecule has 1 unspecified atom stereocenters. The monoisotopic (exact) mass is 234 g/mol. The van der Waals surface area contributed by atoms with Crippen LogP contribution in [0.3, 0.4) is 0 Å². The summed E-state index contributed by atoms with van der Waals surface area (Å²) < 4.78 is 5.55. The van der Waals surface area contributed by atoms with Gasteiger partial charge in [0.2, 0.25) is 0 Å². The maximum atomic E-state index is 5.88. The summed E-state index contributed by atoms with van der Waals surface area (Å²) in [5.74, 6) is 0.806. The van der Waals surface area contributed by atoms with Crippen molar-refractivity contribution in [2.24, 2.45) is 5.73 Å². The molecule has 0 aliphatic heterocycles. The second kappa shape index (κ2) is 7.07. The van der Waals surface area contributed by atoms with E-state index >= 15 is 0 Å². The van der Waals surface area contributed by atoms with Crippen molar-refractivity contribution in [3.05, 3.63) is 36.2 Å². The van der Waals surface area contributed by atoms with Crippen LogP contribution in [0.4, 0.5) is 0 Å². The van der Waals surface area contributed by atoms with Crippen LogP contribution in [0.1, 0.15) is 32.4 Å². The number of pyridine rings is 1. The summed E-state index contributed by atoms with van der Waals surface area (Å²) >= 11 is 0. The predicted molar refractivity (Wildman–Crippen MR) is 71.1 cm³/mol. The van der Waals surface area contributed by atoms with Gasteiger partial charge in [0.25, 0.3) is 0 Å². The van der Waals surface area contributed by atoms with Gasteiger partial charge in [-0.2, -0.15) is 0 Å². The van der Waals surface area contributed by atoms with Crippen molar-refractivity contribution in [3.8, 4) is 5.75 Å². The van der Waals surface area contributed by atoms with Crippen molar-refractivity contribution in [2.75, 3.05) is 6.61 Å². The summed E-state index contributed by atoms with van der Waals surface area (Å²) in [6, 6.07) is 4.12. The molecule has 0 amide bonds. The highest BCUT2D eigenvalue weighted by molar-refractivity contribution is 5.20. The van der Waals surface area contributed by atoms with Gasteiger partial charge in [-0.3, -0.25) is 4.98 Å². The van der Waals surface area contributed by atoms with Crippen molar-refractivity contribution in [1.29, 1.82) is 0 Å². The van der Waals surface area contributed by atoms with Crippen LogP contribution in [0.25, 0.3) is 0 Å².